The topological polar surface area (TPSA) is 414 Å². The fraction of sp³-hybridized carbons (Fsp3) is 0.970. The molecule has 0 amide bonds. The van der Waals surface area contributed by atoms with Crippen molar-refractivity contribution in [2.24, 2.45) is 34.5 Å². The van der Waals surface area contributed by atoms with Gasteiger partial charge in [-0.25, -0.2) is 0 Å². The van der Waals surface area contributed by atoms with Crippen molar-refractivity contribution < 1.29 is 146 Å². The fourth-order valence-electron chi connectivity index (χ4n) is 18.3. The van der Waals surface area contributed by atoms with Gasteiger partial charge < -0.3 is 137 Å². The van der Waals surface area contributed by atoms with Crippen LogP contribution >= 0.6 is 0 Å². The summed E-state index contributed by atoms with van der Waals surface area (Å²) in [4.78, 5) is 25.9. The van der Waals surface area contributed by atoms with Crippen LogP contribution < -0.4 is 0 Å². The lowest BCUT2D eigenvalue weighted by Crippen LogP contribution is -2.72. The van der Waals surface area contributed by atoms with Crippen LogP contribution in [-0.2, 0) is 90.1 Å². The van der Waals surface area contributed by atoms with Gasteiger partial charge in [0.05, 0.1) is 79.0 Å². The number of hydrogen-bond donors (Lipinski definition) is 11. The molecule has 0 radical (unpaired) electrons. The summed E-state index contributed by atoms with van der Waals surface area (Å²) >= 11 is 0. The molecule has 0 aromatic heterocycles. The van der Waals surface area contributed by atoms with E-state index in [2.05, 4.69) is 6.92 Å². The Bertz CT molecular complexity index is 2560. The Hall–Kier alpha value is -2.10. The Morgan fingerprint density at radius 2 is 1.06 bits per heavy atom. The monoisotopic (exact) mass is 1400 g/mol. The van der Waals surface area contributed by atoms with E-state index < -0.39 is 220 Å². The molecule has 0 spiro atoms. The standard InChI is InChI=1S/C67H112O30/c1-14-28(2)60(78)88-33(7)66(79)19-20-67(80)37-16-15-35-21-36(17-18-64(35,9)38(37)22-44(65(66,67)10)89-34(8)70)90-45-23-39(71)54(29(3)84-45)93-46-24-40(81-11)55(30(4)85-46)94-47-25-41(82-12)56(31(5)86-47)95-63-53(77)59(83-13)57(32(6)87-63)96-62-52(76)50(74)58(43(27-69)92-62)97-61-51(75)49(73)48(72)42(26-68)91-61/h28-33,35-59,61-63,68-69,71-77,79-80H,14-27H2,1-13H3. The number of rotatable bonds is 22. The van der Waals surface area contributed by atoms with E-state index in [0.717, 1.165) is 19.3 Å². The molecule has 4 saturated carbocycles. The maximum absolute atomic E-state index is 13.1. The number of hydrogen-bond acceptors (Lipinski definition) is 30. The number of carbonyl (C=O) groups excluding carboxylic acids is 2. The first-order valence-electron chi connectivity index (χ1n) is 35.1. The van der Waals surface area contributed by atoms with Crippen molar-refractivity contribution in [3.63, 3.8) is 0 Å². The van der Waals surface area contributed by atoms with Crippen LogP contribution in [0.1, 0.15) is 146 Å². The lowest BCUT2D eigenvalue weighted by Gasteiger charge is -2.66. The van der Waals surface area contributed by atoms with Crippen LogP contribution in [0.2, 0.25) is 0 Å². The zero-order valence-electron chi connectivity index (χ0n) is 58.2. The first-order chi connectivity index (χ1) is 45.8. The van der Waals surface area contributed by atoms with E-state index in [1.807, 2.05) is 27.7 Å². The number of methoxy groups -OCH3 is 3. The third-order valence-corrected chi connectivity index (χ3v) is 24.4. The molecule has 560 valence electrons. The second-order valence-corrected chi connectivity index (χ2v) is 29.7. The van der Waals surface area contributed by atoms with E-state index in [1.165, 1.54) is 21.1 Å². The van der Waals surface area contributed by atoms with E-state index in [1.54, 1.807) is 34.8 Å². The second kappa shape index (κ2) is 31.3. The third-order valence-electron chi connectivity index (χ3n) is 24.4. The van der Waals surface area contributed by atoms with E-state index in [9.17, 15) is 65.8 Å². The van der Waals surface area contributed by atoms with Crippen LogP contribution in [0.4, 0.5) is 0 Å². The molecule has 97 heavy (non-hydrogen) atoms. The summed E-state index contributed by atoms with van der Waals surface area (Å²) in [6.45, 7) is 16.3. The number of carbonyl (C=O) groups is 2. The smallest absolute Gasteiger partial charge is 0.309 e. The molecule has 6 saturated heterocycles. The van der Waals surface area contributed by atoms with Gasteiger partial charge >= 0.3 is 11.9 Å². The van der Waals surface area contributed by atoms with Crippen LogP contribution in [0.3, 0.4) is 0 Å². The summed E-state index contributed by atoms with van der Waals surface area (Å²) in [5.41, 5.74) is -4.62. The van der Waals surface area contributed by atoms with Gasteiger partial charge in [-0.3, -0.25) is 9.59 Å². The van der Waals surface area contributed by atoms with Gasteiger partial charge in [0.2, 0.25) is 0 Å². The molecule has 6 aliphatic heterocycles. The number of fused-ring (bicyclic) bond motifs is 5. The summed E-state index contributed by atoms with van der Waals surface area (Å²) in [5, 5.41) is 123. The van der Waals surface area contributed by atoms with E-state index in [0.29, 0.717) is 25.7 Å². The van der Waals surface area contributed by atoms with Crippen molar-refractivity contribution in [3.05, 3.63) is 0 Å². The average molecular weight is 1400 g/mol. The Morgan fingerprint density at radius 1 is 0.526 bits per heavy atom. The molecule has 10 rings (SSSR count). The molecular formula is C67H112O30. The molecule has 38 atom stereocenters. The van der Waals surface area contributed by atoms with Gasteiger partial charge in [0.25, 0.3) is 0 Å². The minimum absolute atomic E-state index is 0.0336. The fourth-order valence-corrected chi connectivity index (χ4v) is 18.3. The molecule has 6 heterocycles. The van der Waals surface area contributed by atoms with Crippen molar-refractivity contribution in [2.75, 3.05) is 34.5 Å². The lowest BCUT2D eigenvalue weighted by atomic mass is 9.42. The van der Waals surface area contributed by atoms with Crippen LogP contribution in [0.15, 0.2) is 0 Å². The van der Waals surface area contributed by atoms with Crippen molar-refractivity contribution in [2.45, 2.75) is 342 Å². The van der Waals surface area contributed by atoms with Gasteiger partial charge in [0.1, 0.15) is 103 Å². The summed E-state index contributed by atoms with van der Waals surface area (Å²) in [5.74, 6) is -1.31. The normalized spacial score (nSPS) is 51.7. The van der Waals surface area contributed by atoms with E-state index in [-0.39, 0.29) is 67.3 Å². The van der Waals surface area contributed by atoms with Crippen LogP contribution in [0.5, 0.6) is 0 Å². The Morgan fingerprint density at radius 3 is 1.64 bits per heavy atom. The Balaban J connectivity index is 0.689. The number of aliphatic hydroxyl groups excluding tert-OH is 9. The quantitative estimate of drug-likeness (QED) is 0.0496. The van der Waals surface area contributed by atoms with E-state index in [4.69, 9.17) is 80.5 Å². The first kappa shape index (κ1) is 77.5. The molecule has 30 heteroatoms. The number of aliphatic hydroxyl groups is 11. The average Bonchev–Trinajstić information content (AvgIpc) is 1.66. The van der Waals surface area contributed by atoms with Crippen LogP contribution in [0, 0.1) is 34.5 Å². The molecule has 4 aliphatic carbocycles. The molecule has 0 bridgehead atoms. The highest BCUT2D eigenvalue weighted by Gasteiger charge is 2.77. The second-order valence-electron chi connectivity index (χ2n) is 29.7. The van der Waals surface area contributed by atoms with Gasteiger partial charge in [0.15, 0.2) is 37.7 Å². The maximum Gasteiger partial charge on any atom is 0.309 e. The molecule has 30 nitrogen and oxygen atoms in total. The Labute approximate surface area is 567 Å². The first-order valence-corrected chi connectivity index (χ1v) is 35.1. The van der Waals surface area contributed by atoms with E-state index >= 15 is 0 Å². The van der Waals surface area contributed by atoms with Crippen LogP contribution in [-0.4, -0.2) is 298 Å². The minimum atomic E-state index is -1.87. The highest BCUT2D eigenvalue weighted by atomic mass is 16.8. The van der Waals surface area contributed by atoms with Gasteiger partial charge in [-0.05, 0) is 116 Å². The maximum atomic E-state index is 13.1. The van der Waals surface area contributed by atoms with Crippen LogP contribution in [0.25, 0.3) is 0 Å². The van der Waals surface area contributed by atoms with Crippen molar-refractivity contribution in [3.8, 4) is 0 Å². The van der Waals surface area contributed by atoms with Crippen molar-refractivity contribution >= 4 is 11.9 Å². The Kier molecular flexibility index (Phi) is 25.0. The summed E-state index contributed by atoms with van der Waals surface area (Å²) < 4.78 is 105. The highest BCUT2D eigenvalue weighted by molar-refractivity contribution is 5.72. The largest absolute Gasteiger partial charge is 0.462 e. The zero-order valence-corrected chi connectivity index (χ0v) is 58.2. The molecule has 10 aliphatic rings. The predicted molar refractivity (Wildman–Crippen MR) is 330 cm³/mol. The number of ether oxygens (including phenoxy) is 17. The summed E-state index contributed by atoms with van der Waals surface area (Å²) in [7, 11) is 4.38. The summed E-state index contributed by atoms with van der Waals surface area (Å²) in [6, 6.07) is 0. The van der Waals surface area contributed by atoms with Crippen molar-refractivity contribution in [1.29, 1.82) is 0 Å². The van der Waals surface area contributed by atoms with Gasteiger partial charge in [-0.2, -0.15) is 0 Å². The van der Waals surface area contributed by atoms with Gasteiger partial charge in [-0.15, -0.1) is 0 Å². The van der Waals surface area contributed by atoms with Gasteiger partial charge in [-0.1, -0.05) is 27.7 Å². The molecule has 0 aromatic carbocycles. The van der Waals surface area contributed by atoms with Crippen molar-refractivity contribution in [1.82, 2.24) is 0 Å². The molecule has 0 aromatic rings. The molecule has 38 unspecified atom stereocenters. The zero-order chi connectivity index (χ0) is 70.7. The highest BCUT2D eigenvalue weighted by Crippen LogP contribution is 2.71. The SMILES string of the molecule is CCC(C)C(=O)OC(C)C1(O)CCC2(O)C3CCC4CC(OC5CC(O)C(OC6CC(OC)C(OC7CC(OC)C(OC8OC(C)C(OC9OC(CO)C(OC%10OC(CO)C(O)C(O)C%10O)C(O)C9O)C(OC)C8O)C(C)O7)C(C)O6)C(C)O5)CCC4(C)C3CC(OC(C)=O)C12C. The molecule has 10 fully saturated rings. The van der Waals surface area contributed by atoms with Gasteiger partial charge in [0, 0.05) is 47.5 Å². The molecule has 11 N–H and O–H groups in total. The predicted octanol–water partition coefficient (Wildman–Crippen LogP) is -0.139. The minimum Gasteiger partial charge on any atom is -0.462 e. The number of esters is 2. The third kappa shape index (κ3) is 14.7. The lowest BCUT2D eigenvalue weighted by molar-refractivity contribution is -0.385. The summed E-state index contributed by atoms with van der Waals surface area (Å²) in [6.07, 6.45) is -27.9. The molecular weight excluding hydrogens is 1280 g/mol.